The largest absolute Gasteiger partial charge is 0.502 e. The molecule has 0 radical (unpaired) electrons. The van der Waals surface area contributed by atoms with E-state index >= 15 is 0 Å². The fraction of sp³-hybridized carbons (Fsp3) is 0.192. The van der Waals surface area contributed by atoms with Gasteiger partial charge in [0.2, 0.25) is 5.43 Å². The molecule has 0 aliphatic carbocycles. The smallest absolute Gasteiger partial charge is 0.278 e. The van der Waals surface area contributed by atoms with Crippen LogP contribution >= 0.6 is 11.6 Å². The zero-order chi connectivity index (χ0) is 26.9. The first kappa shape index (κ1) is 25.9. The normalized spacial score (nSPS) is 14.9. The van der Waals surface area contributed by atoms with Crippen molar-refractivity contribution in [3.63, 3.8) is 0 Å². The highest BCUT2D eigenvalue weighted by atomic mass is 35.5. The highest BCUT2D eigenvalue weighted by Gasteiger charge is 2.38. The average molecular weight is 529 g/mol. The fourth-order valence-electron chi connectivity index (χ4n) is 4.20. The van der Waals surface area contributed by atoms with E-state index in [2.05, 4.69) is 11.9 Å². The third-order valence-electron chi connectivity index (χ3n) is 6.01. The molecule has 2 aromatic carbocycles. The molecule has 0 unspecified atom stereocenters. The summed E-state index contributed by atoms with van der Waals surface area (Å²) < 4.78 is 28.4. The van der Waals surface area contributed by atoms with Crippen LogP contribution in [0.2, 0.25) is 5.02 Å². The lowest BCUT2D eigenvalue weighted by Gasteiger charge is -2.45. The standard InChI is InChI=1S/C26H23ClF2N4O4/c1-3-21-31(4-2)26(37)22-24(35)23(34)19(25(36)30-12-16-8-9-18(28)11-20(16)29)14-33(22)32(21)13-15-6-5-7-17(27)10-15/h3,5-11,14,21,35H,1,4,12-13H2,2H3,(H,30,36)/t21-/m0/s1. The quantitative estimate of drug-likeness (QED) is 0.457. The summed E-state index contributed by atoms with van der Waals surface area (Å²) >= 11 is 6.14. The van der Waals surface area contributed by atoms with Crippen molar-refractivity contribution >= 4 is 23.4 Å². The first-order valence-corrected chi connectivity index (χ1v) is 11.7. The Labute approximate surface area is 216 Å². The van der Waals surface area contributed by atoms with E-state index < -0.39 is 46.4 Å². The first-order chi connectivity index (χ1) is 17.7. The Bertz CT molecular complexity index is 1460. The minimum absolute atomic E-state index is 0.0000959. The summed E-state index contributed by atoms with van der Waals surface area (Å²) in [4.78, 5) is 40.5. The fourth-order valence-corrected chi connectivity index (χ4v) is 4.42. The van der Waals surface area contributed by atoms with Crippen LogP contribution in [-0.4, -0.2) is 39.2 Å². The van der Waals surface area contributed by atoms with Gasteiger partial charge in [0.25, 0.3) is 11.8 Å². The van der Waals surface area contributed by atoms with Crippen LogP contribution in [0.1, 0.15) is 38.9 Å². The molecule has 0 spiro atoms. The molecule has 1 atom stereocenters. The third kappa shape index (κ3) is 4.92. The molecule has 11 heteroatoms. The summed E-state index contributed by atoms with van der Waals surface area (Å²) in [5, 5.41) is 15.3. The van der Waals surface area contributed by atoms with E-state index in [1.807, 2.05) is 6.07 Å². The molecule has 0 fully saturated rings. The summed E-state index contributed by atoms with van der Waals surface area (Å²) in [7, 11) is 0. The predicted molar refractivity (Wildman–Crippen MR) is 134 cm³/mol. The summed E-state index contributed by atoms with van der Waals surface area (Å²) in [5.74, 6) is -4.07. The zero-order valence-corrected chi connectivity index (χ0v) is 20.5. The van der Waals surface area contributed by atoms with Gasteiger partial charge in [-0.05, 0) is 36.8 Å². The molecule has 8 nitrogen and oxygen atoms in total. The molecular formula is C26H23ClF2N4O4. The zero-order valence-electron chi connectivity index (χ0n) is 19.7. The van der Waals surface area contributed by atoms with Gasteiger partial charge in [0.1, 0.15) is 23.4 Å². The third-order valence-corrected chi connectivity index (χ3v) is 6.25. The summed E-state index contributed by atoms with van der Waals surface area (Å²) in [6.07, 6.45) is 2.00. The van der Waals surface area contributed by atoms with Crippen molar-refractivity contribution in [2.24, 2.45) is 0 Å². The molecule has 4 rings (SSSR count). The van der Waals surface area contributed by atoms with E-state index in [9.17, 15) is 28.3 Å². The number of rotatable bonds is 7. The molecule has 192 valence electrons. The number of carbonyl (C=O) groups excluding carboxylic acids is 2. The molecule has 3 aromatic rings. The van der Waals surface area contributed by atoms with Crippen LogP contribution < -0.4 is 15.8 Å². The molecule has 2 heterocycles. The SMILES string of the molecule is C=C[C@H]1N(CC)C(=O)c2c(O)c(=O)c(C(=O)NCc3ccc(F)cc3F)cn2N1Cc1cccc(Cl)c1. The lowest BCUT2D eigenvalue weighted by Crippen LogP contribution is -2.60. The van der Waals surface area contributed by atoms with Crippen LogP contribution in [0.4, 0.5) is 8.78 Å². The first-order valence-electron chi connectivity index (χ1n) is 11.3. The van der Waals surface area contributed by atoms with Crippen LogP contribution in [0, 0.1) is 11.6 Å². The topological polar surface area (TPSA) is 94.9 Å². The van der Waals surface area contributed by atoms with Gasteiger partial charge in [-0.15, -0.1) is 0 Å². The summed E-state index contributed by atoms with van der Waals surface area (Å²) in [6.45, 7) is 5.67. The number of fused-ring (bicyclic) bond motifs is 1. The van der Waals surface area contributed by atoms with Gasteiger partial charge in [-0.1, -0.05) is 36.4 Å². The Kier molecular flexibility index (Phi) is 7.30. The Morgan fingerprint density at radius 3 is 2.62 bits per heavy atom. The van der Waals surface area contributed by atoms with E-state index in [-0.39, 0.29) is 30.9 Å². The average Bonchev–Trinajstić information content (AvgIpc) is 2.86. The number of hydrogen-bond donors (Lipinski definition) is 2. The van der Waals surface area contributed by atoms with E-state index in [1.54, 1.807) is 30.1 Å². The van der Waals surface area contributed by atoms with E-state index in [4.69, 9.17) is 11.6 Å². The monoisotopic (exact) mass is 528 g/mol. The summed E-state index contributed by atoms with van der Waals surface area (Å²) in [6, 6.07) is 9.88. The van der Waals surface area contributed by atoms with Gasteiger partial charge in [0.05, 0.1) is 6.54 Å². The van der Waals surface area contributed by atoms with Crippen molar-refractivity contribution in [1.82, 2.24) is 14.9 Å². The number of aromatic hydroxyl groups is 1. The molecule has 2 N–H and O–H groups in total. The van der Waals surface area contributed by atoms with Gasteiger partial charge in [0.15, 0.2) is 11.4 Å². The second kappa shape index (κ2) is 10.4. The molecule has 1 aliphatic heterocycles. The van der Waals surface area contributed by atoms with Crippen molar-refractivity contribution < 1.29 is 23.5 Å². The van der Waals surface area contributed by atoms with Gasteiger partial charge < -0.3 is 15.3 Å². The van der Waals surface area contributed by atoms with Gasteiger partial charge in [-0.3, -0.25) is 24.1 Å². The van der Waals surface area contributed by atoms with Crippen molar-refractivity contribution in [2.45, 2.75) is 26.2 Å². The minimum Gasteiger partial charge on any atom is -0.502 e. The maximum Gasteiger partial charge on any atom is 0.278 e. The Morgan fingerprint density at radius 2 is 1.97 bits per heavy atom. The van der Waals surface area contributed by atoms with E-state index in [1.165, 1.54) is 21.7 Å². The lowest BCUT2D eigenvalue weighted by molar-refractivity contribution is 0.0628. The Balaban J connectivity index is 1.77. The Hall–Kier alpha value is -4.18. The number of halogens is 3. The number of nitrogens with one attached hydrogen (secondary N) is 1. The van der Waals surface area contributed by atoms with Crippen molar-refractivity contribution in [2.75, 3.05) is 11.6 Å². The maximum absolute atomic E-state index is 14.0. The molecule has 37 heavy (non-hydrogen) atoms. The lowest BCUT2D eigenvalue weighted by atomic mass is 10.1. The van der Waals surface area contributed by atoms with Crippen LogP contribution in [0.15, 0.2) is 66.1 Å². The van der Waals surface area contributed by atoms with Crippen molar-refractivity contribution in [1.29, 1.82) is 0 Å². The van der Waals surface area contributed by atoms with E-state index in [0.29, 0.717) is 11.1 Å². The van der Waals surface area contributed by atoms with Gasteiger partial charge in [-0.2, -0.15) is 0 Å². The highest BCUT2D eigenvalue weighted by molar-refractivity contribution is 6.30. The van der Waals surface area contributed by atoms with E-state index in [0.717, 1.165) is 17.8 Å². The predicted octanol–water partition coefficient (Wildman–Crippen LogP) is 3.54. The maximum atomic E-state index is 14.0. The number of amides is 2. The number of aromatic nitrogens is 1. The number of hydrogen-bond acceptors (Lipinski definition) is 5. The number of pyridine rings is 1. The second-order valence-corrected chi connectivity index (χ2v) is 8.74. The number of nitrogens with zero attached hydrogens (tertiary/aromatic N) is 3. The Morgan fingerprint density at radius 1 is 1.22 bits per heavy atom. The molecular weight excluding hydrogens is 506 g/mol. The molecule has 1 aromatic heterocycles. The van der Waals surface area contributed by atoms with Crippen molar-refractivity contribution in [3.05, 3.63) is 111 Å². The van der Waals surface area contributed by atoms with Gasteiger partial charge in [0, 0.05) is 35.9 Å². The molecule has 0 bridgehead atoms. The highest BCUT2D eigenvalue weighted by Crippen LogP contribution is 2.27. The second-order valence-electron chi connectivity index (χ2n) is 8.30. The molecule has 2 amide bonds. The van der Waals surface area contributed by atoms with Crippen molar-refractivity contribution in [3.8, 4) is 5.75 Å². The van der Waals surface area contributed by atoms with Crippen LogP contribution in [0.25, 0.3) is 0 Å². The van der Waals surface area contributed by atoms with Gasteiger partial charge in [-0.25, -0.2) is 8.78 Å². The number of benzene rings is 2. The molecule has 0 saturated carbocycles. The van der Waals surface area contributed by atoms with Crippen LogP contribution in [0.3, 0.4) is 0 Å². The number of likely N-dealkylation sites (N-methyl/N-ethyl adjacent to an activating group) is 1. The van der Waals surface area contributed by atoms with Gasteiger partial charge >= 0.3 is 0 Å². The summed E-state index contributed by atoms with van der Waals surface area (Å²) in [5.41, 5.74) is -1.09. The molecule has 1 aliphatic rings. The number of carbonyl (C=O) groups is 2. The molecule has 0 saturated heterocycles. The van der Waals surface area contributed by atoms with Crippen LogP contribution in [0.5, 0.6) is 5.75 Å². The minimum atomic E-state index is -1.06. The van der Waals surface area contributed by atoms with Crippen LogP contribution in [-0.2, 0) is 13.1 Å².